The third kappa shape index (κ3) is 2.83. The monoisotopic (exact) mass is 251 g/mol. The van der Waals surface area contributed by atoms with E-state index in [9.17, 15) is 0 Å². The van der Waals surface area contributed by atoms with Crippen LogP contribution in [0.5, 0.6) is 0 Å². The van der Waals surface area contributed by atoms with Gasteiger partial charge in [-0.1, -0.05) is 43.5 Å². The predicted molar refractivity (Wildman–Crippen MR) is 74.3 cm³/mol. The van der Waals surface area contributed by atoms with Crippen molar-refractivity contribution in [3.8, 4) is 0 Å². The van der Waals surface area contributed by atoms with Gasteiger partial charge < -0.3 is 5.73 Å². The first-order valence-electron chi connectivity index (χ1n) is 6.66. The number of nitrogens with two attached hydrogens (primary N) is 1. The Balaban J connectivity index is 2.07. The number of benzene rings is 1. The number of halogens is 1. The van der Waals surface area contributed by atoms with Crippen LogP contribution in [0.3, 0.4) is 0 Å². The number of hydrogen-bond acceptors (Lipinski definition) is 1. The van der Waals surface area contributed by atoms with Gasteiger partial charge in [-0.15, -0.1) is 0 Å². The van der Waals surface area contributed by atoms with Crippen molar-refractivity contribution in [2.45, 2.75) is 51.5 Å². The molecule has 2 heteroatoms. The predicted octanol–water partition coefficient (Wildman–Crippen LogP) is 4.18. The minimum absolute atomic E-state index is 0.272. The lowest BCUT2D eigenvalue weighted by atomic mass is 9.74. The Hall–Kier alpha value is -0.530. The van der Waals surface area contributed by atoms with Gasteiger partial charge in [-0.05, 0) is 48.8 Å². The maximum atomic E-state index is 6.46. The molecule has 0 aliphatic heterocycles. The van der Waals surface area contributed by atoms with Crippen LogP contribution in [0.15, 0.2) is 24.3 Å². The Morgan fingerprint density at radius 1 is 1.35 bits per heavy atom. The quantitative estimate of drug-likeness (QED) is 0.854. The van der Waals surface area contributed by atoms with Crippen LogP contribution >= 0.6 is 11.6 Å². The third-order valence-corrected chi connectivity index (χ3v) is 4.67. The van der Waals surface area contributed by atoms with E-state index < -0.39 is 0 Å². The SMILES string of the molecule is CCC1(C(N)Cc2cccc(Cl)c2)CCCC1. The van der Waals surface area contributed by atoms with Gasteiger partial charge in [0.1, 0.15) is 0 Å². The van der Waals surface area contributed by atoms with Crippen LogP contribution in [0, 0.1) is 5.41 Å². The highest BCUT2D eigenvalue weighted by atomic mass is 35.5. The lowest BCUT2D eigenvalue weighted by Gasteiger charge is -2.34. The first-order chi connectivity index (χ1) is 8.16. The van der Waals surface area contributed by atoms with Crippen molar-refractivity contribution >= 4 is 11.6 Å². The van der Waals surface area contributed by atoms with E-state index in [0.717, 1.165) is 11.4 Å². The van der Waals surface area contributed by atoms with Crippen LogP contribution in [0.2, 0.25) is 5.02 Å². The maximum absolute atomic E-state index is 6.46. The molecular weight excluding hydrogens is 230 g/mol. The molecule has 1 fully saturated rings. The van der Waals surface area contributed by atoms with E-state index in [4.69, 9.17) is 17.3 Å². The molecule has 0 radical (unpaired) electrons. The summed E-state index contributed by atoms with van der Waals surface area (Å²) in [5, 5.41) is 0.812. The van der Waals surface area contributed by atoms with E-state index in [1.165, 1.54) is 37.7 Å². The van der Waals surface area contributed by atoms with Gasteiger partial charge in [-0.3, -0.25) is 0 Å². The highest BCUT2D eigenvalue weighted by Gasteiger charge is 2.37. The largest absolute Gasteiger partial charge is 0.327 e. The van der Waals surface area contributed by atoms with Crippen molar-refractivity contribution in [1.82, 2.24) is 0 Å². The minimum atomic E-state index is 0.272. The molecule has 2 rings (SSSR count). The zero-order valence-corrected chi connectivity index (χ0v) is 11.3. The molecule has 1 saturated carbocycles. The van der Waals surface area contributed by atoms with Crippen molar-refractivity contribution < 1.29 is 0 Å². The van der Waals surface area contributed by atoms with Crippen LogP contribution in [0.1, 0.15) is 44.6 Å². The van der Waals surface area contributed by atoms with Crippen LogP contribution in [-0.4, -0.2) is 6.04 Å². The summed E-state index contributed by atoms with van der Waals surface area (Å²) in [7, 11) is 0. The van der Waals surface area contributed by atoms with E-state index in [0.29, 0.717) is 5.41 Å². The van der Waals surface area contributed by atoms with E-state index >= 15 is 0 Å². The summed E-state index contributed by atoms with van der Waals surface area (Å²) < 4.78 is 0. The molecule has 1 unspecified atom stereocenters. The zero-order chi connectivity index (χ0) is 12.3. The molecule has 1 atom stereocenters. The zero-order valence-electron chi connectivity index (χ0n) is 10.6. The van der Waals surface area contributed by atoms with Crippen molar-refractivity contribution in [3.63, 3.8) is 0 Å². The molecule has 1 aliphatic carbocycles. The van der Waals surface area contributed by atoms with Crippen LogP contribution < -0.4 is 5.73 Å². The fraction of sp³-hybridized carbons (Fsp3) is 0.600. The summed E-state index contributed by atoms with van der Waals surface area (Å²) >= 11 is 6.02. The van der Waals surface area contributed by atoms with Gasteiger partial charge in [-0.25, -0.2) is 0 Å². The Bertz CT molecular complexity index is 369. The second-order valence-electron chi connectivity index (χ2n) is 5.36. The van der Waals surface area contributed by atoms with Gasteiger partial charge in [-0.2, -0.15) is 0 Å². The van der Waals surface area contributed by atoms with Crippen LogP contribution in [0.25, 0.3) is 0 Å². The van der Waals surface area contributed by atoms with Crippen molar-refractivity contribution in [2.24, 2.45) is 11.1 Å². The molecular formula is C15H22ClN. The molecule has 0 heterocycles. The smallest absolute Gasteiger partial charge is 0.0408 e. The highest BCUT2D eigenvalue weighted by molar-refractivity contribution is 6.30. The average molecular weight is 252 g/mol. The van der Waals surface area contributed by atoms with Gasteiger partial charge in [0.05, 0.1) is 0 Å². The van der Waals surface area contributed by atoms with E-state index in [2.05, 4.69) is 13.0 Å². The molecule has 0 bridgehead atoms. The maximum Gasteiger partial charge on any atom is 0.0408 e. The Kier molecular flexibility index (Phi) is 4.11. The normalized spacial score (nSPS) is 20.4. The summed E-state index contributed by atoms with van der Waals surface area (Å²) in [5.74, 6) is 0. The average Bonchev–Trinajstić information content (AvgIpc) is 2.78. The van der Waals surface area contributed by atoms with Crippen LogP contribution in [-0.2, 0) is 6.42 Å². The van der Waals surface area contributed by atoms with Gasteiger partial charge in [0, 0.05) is 11.1 Å². The molecule has 94 valence electrons. The first-order valence-corrected chi connectivity index (χ1v) is 7.04. The molecule has 0 amide bonds. The van der Waals surface area contributed by atoms with Crippen LogP contribution in [0.4, 0.5) is 0 Å². The Morgan fingerprint density at radius 2 is 2.06 bits per heavy atom. The van der Waals surface area contributed by atoms with E-state index in [1.807, 2.05) is 18.2 Å². The van der Waals surface area contributed by atoms with Crippen molar-refractivity contribution in [2.75, 3.05) is 0 Å². The summed E-state index contributed by atoms with van der Waals surface area (Å²) in [6.45, 7) is 2.28. The Labute approximate surface area is 109 Å². The summed E-state index contributed by atoms with van der Waals surface area (Å²) in [6, 6.07) is 8.37. The Morgan fingerprint density at radius 3 is 2.65 bits per heavy atom. The molecule has 1 nitrogen and oxygen atoms in total. The third-order valence-electron chi connectivity index (χ3n) is 4.43. The fourth-order valence-corrected chi connectivity index (χ4v) is 3.41. The highest BCUT2D eigenvalue weighted by Crippen LogP contribution is 2.43. The topological polar surface area (TPSA) is 26.0 Å². The molecule has 2 N–H and O–H groups in total. The second kappa shape index (κ2) is 5.41. The summed E-state index contributed by atoms with van der Waals surface area (Å²) in [6.07, 6.45) is 7.44. The van der Waals surface area contributed by atoms with Crippen molar-refractivity contribution in [3.05, 3.63) is 34.9 Å². The number of rotatable bonds is 4. The molecule has 0 aromatic heterocycles. The fourth-order valence-electron chi connectivity index (χ4n) is 3.20. The first kappa shape index (κ1) is 12.9. The van der Waals surface area contributed by atoms with Gasteiger partial charge in [0.15, 0.2) is 0 Å². The van der Waals surface area contributed by atoms with E-state index in [-0.39, 0.29) is 6.04 Å². The second-order valence-corrected chi connectivity index (χ2v) is 5.80. The lowest BCUT2D eigenvalue weighted by molar-refractivity contribution is 0.219. The lowest BCUT2D eigenvalue weighted by Crippen LogP contribution is -2.41. The van der Waals surface area contributed by atoms with E-state index in [1.54, 1.807) is 0 Å². The molecule has 1 aromatic carbocycles. The minimum Gasteiger partial charge on any atom is -0.327 e. The van der Waals surface area contributed by atoms with Crippen molar-refractivity contribution in [1.29, 1.82) is 0 Å². The standard InChI is InChI=1S/C15H22ClN/c1-2-15(8-3-4-9-15)14(17)11-12-6-5-7-13(16)10-12/h5-7,10,14H,2-4,8-9,11,17H2,1H3. The summed E-state index contributed by atoms with van der Waals surface area (Å²) in [4.78, 5) is 0. The molecule has 1 aliphatic rings. The molecule has 17 heavy (non-hydrogen) atoms. The summed E-state index contributed by atoms with van der Waals surface area (Å²) in [5.41, 5.74) is 8.11. The molecule has 0 saturated heterocycles. The van der Waals surface area contributed by atoms with Gasteiger partial charge in [0.25, 0.3) is 0 Å². The molecule has 0 spiro atoms. The van der Waals surface area contributed by atoms with Gasteiger partial charge >= 0.3 is 0 Å². The molecule has 1 aromatic rings. The van der Waals surface area contributed by atoms with Gasteiger partial charge in [0.2, 0.25) is 0 Å². The number of hydrogen-bond donors (Lipinski definition) is 1.